The van der Waals surface area contributed by atoms with Crippen LogP contribution in [0.2, 0.25) is 0 Å². The lowest BCUT2D eigenvalue weighted by molar-refractivity contribution is -0.385. The van der Waals surface area contributed by atoms with Gasteiger partial charge in [0.15, 0.2) is 6.10 Å². The number of nitro benzene ring substituents is 1. The van der Waals surface area contributed by atoms with Gasteiger partial charge in [-0.05, 0) is 0 Å². The molecule has 21 heavy (non-hydrogen) atoms. The number of ether oxygens (including phenoxy) is 1. The standard InChI is InChI=1S/C13H7N5O3/c14-5-10-12(17)21-11(13(10,6-15)7-16)8-2-1-3-9(4-8)18(19)20/h1-4,11H,17H2/t11-/m0/s1. The zero-order valence-corrected chi connectivity index (χ0v) is 10.5. The number of nitrogens with two attached hydrogens (primary N) is 1. The lowest BCUT2D eigenvalue weighted by Gasteiger charge is -2.20. The first-order chi connectivity index (χ1) is 10.00. The normalized spacial score (nSPS) is 19.0. The Balaban J connectivity index is 2.60. The Bertz CT molecular complexity index is 764. The summed E-state index contributed by atoms with van der Waals surface area (Å²) in [5, 5.41) is 38.5. The average Bonchev–Trinajstić information content (AvgIpc) is 2.79. The summed E-state index contributed by atoms with van der Waals surface area (Å²) in [5.41, 5.74) is 3.34. The molecule has 0 aromatic heterocycles. The minimum atomic E-state index is -1.92. The molecule has 0 amide bonds. The molecule has 1 heterocycles. The van der Waals surface area contributed by atoms with Gasteiger partial charge in [-0.2, -0.15) is 15.8 Å². The Hall–Kier alpha value is -3.57. The summed E-state index contributed by atoms with van der Waals surface area (Å²) >= 11 is 0. The maximum Gasteiger partial charge on any atom is 0.269 e. The smallest absolute Gasteiger partial charge is 0.269 e. The van der Waals surface area contributed by atoms with Crippen molar-refractivity contribution in [3.8, 4) is 18.2 Å². The van der Waals surface area contributed by atoms with Crippen LogP contribution < -0.4 is 5.73 Å². The predicted octanol–water partition coefficient (Wildman–Crippen LogP) is 1.39. The Labute approximate surface area is 119 Å². The van der Waals surface area contributed by atoms with E-state index in [0.717, 1.165) is 0 Å². The van der Waals surface area contributed by atoms with Crippen LogP contribution in [0.4, 0.5) is 5.69 Å². The molecule has 1 aromatic carbocycles. The molecule has 0 spiro atoms. The fourth-order valence-corrected chi connectivity index (χ4v) is 2.12. The van der Waals surface area contributed by atoms with E-state index in [4.69, 9.17) is 15.7 Å². The summed E-state index contributed by atoms with van der Waals surface area (Å²) in [4.78, 5) is 10.2. The maximum absolute atomic E-state index is 10.8. The van der Waals surface area contributed by atoms with Crippen LogP contribution in [-0.2, 0) is 4.74 Å². The highest BCUT2D eigenvalue weighted by Gasteiger charge is 2.53. The number of rotatable bonds is 2. The second kappa shape index (κ2) is 4.84. The van der Waals surface area contributed by atoms with Crippen molar-refractivity contribution < 1.29 is 9.66 Å². The van der Waals surface area contributed by atoms with Crippen molar-refractivity contribution in [3.63, 3.8) is 0 Å². The van der Waals surface area contributed by atoms with Gasteiger partial charge in [0.25, 0.3) is 5.69 Å². The molecular formula is C13H7N5O3. The van der Waals surface area contributed by atoms with Gasteiger partial charge in [0.1, 0.15) is 11.6 Å². The van der Waals surface area contributed by atoms with Gasteiger partial charge in [-0.1, -0.05) is 12.1 Å². The third-order valence-corrected chi connectivity index (χ3v) is 3.13. The predicted molar refractivity (Wildman–Crippen MR) is 67.4 cm³/mol. The van der Waals surface area contributed by atoms with Crippen molar-refractivity contribution in [2.45, 2.75) is 6.10 Å². The van der Waals surface area contributed by atoms with E-state index in [0.29, 0.717) is 0 Å². The van der Waals surface area contributed by atoms with Crippen molar-refractivity contribution in [1.29, 1.82) is 15.8 Å². The van der Waals surface area contributed by atoms with Gasteiger partial charge in [-0.15, -0.1) is 0 Å². The fraction of sp³-hybridized carbons (Fsp3) is 0.154. The zero-order valence-electron chi connectivity index (χ0n) is 10.5. The van der Waals surface area contributed by atoms with Crippen molar-refractivity contribution >= 4 is 5.69 Å². The monoisotopic (exact) mass is 281 g/mol. The van der Waals surface area contributed by atoms with Gasteiger partial charge in [0, 0.05) is 17.7 Å². The van der Waals surface area contributed by atoms with Gasteiger partial charge in [0.05, 0.1) is 17.1 Å². The van der Waals surface area contributed by atoms with E-state index in [2.05, 4.69) is 0 Å². The molecule has 0 aliphatic carbocycles. The van der Waals surface area contributed by atoms with Crippen LogP contribution in [0.3, 0.4) is 0 Å². The van der Waals surface area contributed by atoms with Gasteiger partial charge in [0.2, 0.25) is 11.3 Å². The number of hydrogen-bond donors (Lipinski definition) is 1. The fourth-order valence-electron chi connectivity index (χ4n) is 2.12. The van der Waals surface area contributed by atoms with E-state index in [1.807, 2.05) is 0 Å². The number of nitriles is 3. The molecular weight excluding hydrogens is 274 g/mol. The molecule has 8 nitrogen and oxygen atoms in total. The highest BCUT2D eigenvalue weighted by molar-refractivity contribution is 5.51. The van der Waals surface area contributed by atoms with Crippen LogP contribution >= 0.6 is 0 Å². The Morgan fingerprint density at radius 3 is 2.52 bits per heavy atom. The largest absolute Gasteiger partial charge is 0.467 e. The molecule has 0 bridgehead atoms. The van der Waals surface area contributed by atoms with E-state index >= 15 is 0 Å². The second-order valence-corrected chi connectivity index (χ2v) is 4.23. The molecule has 8 heteroatoms. The van der Waals surface area contributed by atoms with Gasteiger partial charge < -0.3 is 10.5 Å². The number of nitrogens with zero attached hydrogens (tertiary/aromatic N) is 4. The first kappa shape index (κ1) is 13.9. The number of nitro groups is 1. The highest BCUT2D eigenvalue weighted by Crippen LogP contribution is 2.49. The van der Waals surface area contributed by atoms with Crippen LogP contribution in [0.15, 0.2) is 35.7 Å². The molecule has 1 aromatic rings. The molecule has 1 aliphatic rings. The van der Waals surface area contributed by atoms with Crippen molar-refractivity contribution in [3.05, 3.63) is 51.4 Å². The minimum Gasteiger partial charge on any atom is -0.467 e. The molecule has 1 atom stereocenters. The summed E-state index contributed by atoms with van der Waals surface area (Å²) in [5.74, 6) is -0.322. The number of benzene rings is 1. The molecule has 2 N–H and O–H groups in total. The van der Waals surface area contributed by atoms with Crippen molar-refractivity contribution in [2.75, 3.05) is 0 Å². The summed E-state index contributed by atoms with van der Waals surface area (Å²) in [6, 6.07) is 10.5. The number of hydrogen-bond acceptors (Lipinski definition) is 7. The van der Waals surface area contributed by atoms with Gasteiger partial charge in [-0.25, -0.2) is 0 Å². The molecule has 0 unspecified atom stereocenters. The molecule has 102 valence electrons. The van der Waals surface area contributed by atoms with E-state index in [-0.39, 0.29) is 22.7 Å². The van der Waals surface area contributed by atoms with E-state index in [9.17, 15) is 20.6 Å². The molecule has 2 rings (SSSR count). The van der Waals surface area contributed by atoms with E-state index < -0.39 is 16.4 Å². The summed E-state index contributed by atoms with van der Waals surface area (Å²) in [7, 11) is 0. The van der Waals surface area contributed by atoms with E-state index in [1.165, 1.54) is 24.3 Å². The number of non-ortho nitro benzene ring substituents is 1. The highest BCUT2D eigenvalue weighted by atomic mass is 16.6. The summed E-state index contributed by atoms with van der Waals surface area (Å²) in [6.07, 6.45) is -1.19. The van der Waals surface area contributed by atoms with Crippen molar-refractivity contribution in [1.82, 2.24) is 0 Å². The Kier molecular flexibility index (Phi) is 3.19. The third-order valence-electron chi connectivity index (χ3n) is 3.13. The molecule has 0 saturated heterocycles. The average molecular weight is 281 g/mol. The topological polar surface area (TPSA) is 150 Å². The summed E-state index contributed by atoms with van der Waals surface area (Å²) in [6.45, 7) is 0. The zero-order chi connectivity index (χ0) is 15.6. The first-order valence-electron chi connectivity index (χ1n) is 5.64. The Morgan fingerprint density at radius 1 is 1.33 bits per heavy atom. The third kappa shape index (κ3) is 1.90. The van der Waals surface area contributed by atoms with Crippen LogP contribution in [0.5, 0.6) is 0 Å². The second-order valence-electron chi connectivity index (χ2n) is 4.23. The molecule has 0 radical (unpaired) electrons. The SMILES string of the molecule is N#CC1=C(N)O[C@@H](c2cccc([N+](=O)[O-])c2)C1(C#N)C#N. The minimum absolute atomic E-state index is 0.218. The van der Waals surface area contributed by atoms with Crippen LogP contribution in [-0.4, -0.2) is 4.92 Å². The van der Waals surface area contributed by atoms with Gasteiger partial charge >= 0.3 is 0 Å². The molecule has 1 aliphatic heterocycles. The van der Waals surface area contributed by atoms with Crippen LogP contribution in [0.25, 0.3) is 0 Å². The summed E-state index contributed by atoms with van der Waals surface area (Å²) < 4.78 is 5.25. The van der Waals surface area contributed by atoms with E-state index in [1.54, 1.807) is 18.2 Å². The van der Waals surface area contributed by atoms with Crippen LogP contribution in [0, 0.1) is 49.5 Å². The lowest BCUT2D eigenvalue weighted by atomic mass is 9.77. The Morgan fingerprint density at radius 2 is 2.00 bits per heavy atom. The van der Waals surface area contributed by atoms with Crippen molar-refractivity contribution in [2.24, 2.45) is 11.1 Å². The quantitative estimate of drug-likeness (QED) is 0.635. The van der Waals surface area contributed by atoms with Gasteiger partial charge in [-0.3, -0.25) is 10.1 Å². The lowest BCUT2D eigenvalue weighted by Crippen LogP contribution is -2.24. The molecule has 0 fully saturated rings. The first-order valence-corrected chi connectivity index (χ1v) is 5.64. The van der Waals surface area contributed by atoms with Crippen LogP contribution in [0.1, 0.15) is 11.7 Å². The molecule has 0 saturated carbocycles. The maximum atomic E-state index is 10.8.